The smallest absolute Gasteiger partial charge is 0.192 e. The summed E-state index contributed by atoms with van der Waals surface area (Å²) in [5.74, 6) is 1.66. The van der Waals surface area contributed by atoms with Crippen LogP contribution in [0.3, 0.4) is 0 Å². The van der Waals surface area contributed by atoms with E-state index in [0.717, 1.165) is 6.61 Å². The summed E-state index contributed by atoms with van der Waals surface area (Å²) in [5, 5.41) is 0.349. The highest BCUT2D eigenvalue weighted by Crippen LogP contribution is 2.37. The Balaban J connectivity index is 2.35. The Labute approximate surface area is 96.7 Å². The minimum Gasteiger partial charge on any atom is -0.416 e. The molecule has 0 spiro atoms. The van der Waals surface area contributed by atoms with Crippen LogP contribution in [0.2, 0.25) is 18.1 Å². The topological polar surface area (TPSA) is 9.23 Å². The van der Waals surface area contributed by atoms with Crippen molar-refractivity contribution in [2.75, 3.05) is 6.61 Å². The fourth-order valence-electron chi connectivity index (χ4n) is 1.70. The van der Waals surface area contributed by atoms with E-state index in [0.29, 0.717) is 5.04 Å². The van der Waals surface area contributed by atoms with Gasteiger partial charge in [-0.1, -0.05) is 40.0 Å². The van der Waals surface area contributed by atoms with Crippen molar-refractivity contribution < 1.29 is 4.43 Å². The molecule has 1 saturated carbocycles. The predicted molar refractivity (Wildman–Crippen MR) is 69.5 cm³/mol. The second-order valence-corrected chi connectivity index (χ2v) is 11.2. The zero-order valence-corrected chi connectivity index (χ0v) is 12.2. The first-order valence-corrected chi connectivity index (χ1v) is 9.21. The van der Waals surface area contributed by atoms with Crippen molar-refractivity contribution in [1.29, 1.82) is 0 Å². The molecule has 2 heteroatoms. The maximum atomic E-state index is 6.24. The summed E-state index contributed by atoms with van der Waals surface area (Å²) in [7, 11) is -1.51. The molecule has 0 aromatic carbocycles. The molecule has 1 radical (unpaired) electrons. The first-order chi connectivity index (χ1) is 6.83. The standard InChI is InChI=1S/C13H27OSi/c1-13(2,3)15(4,5)14-11-12-9-7-6-8-10-12/h6-11H2,1-5H3. The molecule has 0 bridgehead atoms. The van der Waals surface area contributed by atoms with E-state index in [2.05, 4.69) is 33.9 Å². The van der Waals surface area contributed by atoms with Crippen LogP contribution in [-0.2, 0) is 4.43 Å². The first-order valence-electron chi connectivity index (χ1n) is 6.30. The molecule has 0 amide bonds. The molecule has 1 nitrogen and oxygen atoms in total. The third-order valence-corrected chi connectivity index (χ3v) is 8.48. The number of rotatable bonds is 3. The Kier molecular flexibility index (Phi) is 4.42. The molecule has 0 atom stereocenters. The zero-order chi connectivity index (χ0) is 11.5. The molecule has 1 fully saturated rings. The molecule has 0 unspecified atom stereocenters. The summed E-state index contributed by atoms with van der Waals surface area (Å²) < 4.78 is 6.24. The second-order valence-electron chi connectivity index (χ2n) is 6.36. The lowest BCUT2D eigenvalue weighted by Crippen LogP contribution is -2.41. The highest BCUT2D eigenvalue weighted by atomic mass is 28.4. The van der Waals surface area contributed by atoms with Crippen molar-refractivity contribution >= 4 is 8.32 Å². The summed E-state index contributed by atoms with van der Waals surface area (Å²) in [6.45, 7) is 12.6. The monoisotopic (exact) mass is 227 g/mol. The van der Waals surface area contributed by atoms with Gasteiger partial charge in [0.2, 0.25) is 0 Å². The Bertz CT molecular complexity index is 187. The Morgan fingerprint density at radius 3 is 2.07 bits per heavy atom. The highest BCUT2D eigenvalue weighted by Gasteiger charge is 2.37. The van der Waals surface area contributed by atoms with Crippen molar-refractivity contribution in [3.8, 4) is 0 Å². The van der Waals surface area contributed by atoms with E-state index in [-0.39, 0.29) is 0 Å². The fourth-order valence-corrected chi connectivity index (χ4v) is 2.69. The van der Waals surface area contributed by atoms with Crippen molar-refractivity contribution in [3.63, 3.8) is 0 Å². The van der Waals surface area contributed by atoms with Crippen LogP contribution in [0.5, 0.6) is 0 Å². The summed E-state index contributed by atoms with van der Waals surface area (Å²) in [4.78, 5) is 0. The van der Waals surface area contributed by atoms with E-state index in [1.165, 1.54) is 32.1 Å². The fraction of sp³-hybridized carbons (Fsp3) is 0.923. The van der Waals surface area contributed by atoms with E-state index in [9.17, 15) is 0 Å². The largest absolute Gasteiger partial charge is 0.416 e. The lowest BCUT2D eigenvalue weighted by atomic mass is 9.90. The van der Waals surface area contributed by atoms with Gasteiger partial charge in [0.15, 0.2) is 8.32 Å². The van der Waals surface area contributed by atoms with Crippen molar-refractivity contribution in [2.24, 2.45) is 0 Å². The average molecular weight is 227 g/mol. The maximum Gasteiger partial charge on any atom is 0.192 e. The van der Waals surface area contributed by atoms with Gasteiger partial charge in [-0.05, 0) is 31.0 Å². The molecule has 89 valence electrons. The van der Waals surface area contributed by atoms with Gasteiger partial charge in [-0.3, -0.25) is 0 Å². The lowest BCUT2D eigenvalue weighted by Gasteiger charge is -2.37. The van der Waals surface area contributed by atoms with Crippen molar-refractivity contribution in [2.45, 2.75) is 71.0 Å². The minimum absolute atomic E-state index is 0.349. The Morgan fingerprint density at radius 2 is 1.60 bits per heavy atom. The van der Waals surface area contributed by atoms with E-state index < -0.39 is 8.32 Å². The van der Waals surface area contributed by atoms with Crippen LogP contribution in [0, 0.1) is 5.92 Å². The van der Waals surface area contributed by atoms with E-state index >= 15 is 0 Å². The summed E-state index contributed by atoms with van der Waals surface area (Å²) >= 11 is 0. The SMILES string of the molecule is CC(C)(C)[Si](C)(C)OC[C]1CCCCC1. The van der Waals surface area contributed by atoms with Crippen molar-refractivity contribution in [3.05, 3.63) is 5.92 Å². The molecule has 1 rings (SSSR count). The van der Waals surface area contributed by atoms with E-state index in [1.54, 1.807) is 5.92 Å². The molecule has 1 aliphatic carbocycles. The van der Waals surface area contributed by atoms with Gasteiger partial charge in [-0.15, -0.1) is 0 Å². The molecular weight excluding hydrogens is 200 g/mol. The van der Waals surface area contributed by atoms with Gasteiger partial charge in [0.25, 0.3) is 0 Å². The van der Waals surface area contributed by atoms with Crippen LogP contribution in [0.15, 0.2) is 0 Å². The molecular formula is C13H27OSi. The normalized spacial score (nSPS) is 20.6. The van der Waals surface area contributed by atoms with Crippen LogP contribution >= 0.6 is 0 Å². The quantitative estimate of drug-likeness (QED) is 0.643. The minimum atomic E-state index is -1.51. The van der Waals surface area contributed by atoms with E-state index in [4.69, 9.17) is 4.43 Å². The van der Waals surface area contributed by atoms with Gasteiger partial charge in [-0.2, -0.15) is 0 Å². The van der Waals surface area contributed by atoms with Gasteiger partial charge in [-0.25, -0.2) is 0 Å². The third kappa shape index (κ3) is 3.91. The maximum absolute atomic E-state index is 6.24. The molecule has 0 N–H and O–H groups in total. The Morgan fingerprint density at radius 1 is 1.07 bits per heavy atom. The van der Waals surface area contributed by atoms with E-state index in [1.807, 2.05) is 0 Å². The molecule has 0 aliphatic heterocycles. The third-order valence-electron chi connectivity index (χ3n) is 4.00. The number of hydrogen-bond donors (Lipinski definition) is 0. The van der Waals surface area contributed by atoms with Crippen LogP contribution in [0.4, 0.5) is 0 Å². The first kappa shape index (κ1) is 13.2. The Hall–Kier alpha value is 0.177. The van der Waals surface area contributed by atoms with Gasteiger partial charge >= 0.3 is 0 Å². The van der Waals surface area contributed by atoms with Crippen LogP contribution in [0.1, 0.15) is 52.9 Å². The number of hydrogen-bond acceptors (Lipinski definition) is 1. The molecule has 0 heterocycles. The van der Waals surface area contributed by atoms with Crippen LogP contribution < -0.4 is 0 Å². The summed E-state index contributed by atoms with van der Waals surface area (Å²) in [6, 6.07) is 0. The molecule has 0 saturated heterocycles. The molecule has 1 aliphatic rings. The van der Waals surface area contributed by atoms with Gasteiger partial charge in [0.05, 0.1) is 0 Å². The van der Waals surface area contributed by atoms with Crippen molar-refractivity contribution in [1.82, 2.24) is 0 Å². The predicted octanol–water partition coefficient (Wildman–Crippen LogP) is 4.55. The second kappa shape index (κ2) is 5.01. The molecule has 0 aromatic rings. The van der Waals surface area contributed by atoms with Gasteiger partial charge in [0.1, 0.15) is 0 Å². The van der Waals surface area contributed by atoms with Crippen LogP contribution in [-0.4, -0.2) is 14.9 Å². The van der Waals surface area contributed by atoms with Crippen LogP contribution in [0.25, 0.3) is 0 Å². The summed E-state index contributed by atoms with van der Waals surface area (Å²) in [6.07, 6.45) is 6.82. The lowest BCUT2D eigenvalue weighted by molar-refractivity contribution is 0.277. The van der Waals surface area contributed by atoms with Gasteiger partial charge < -0.3 is 4.43 Å². The van der Waals surface area contributed by atoms with Gasteiger partial charge in [0, 0.05) is 12.5 Å². The zero-order valence-electron chi connectivity index (χ0n) is 11.2. The molecule has 0 aromatic heterocycles. The average Bonchev–Trinajstić information content (AvgIpc) is 2.15. The summed E-state index contributed by atoms with van der Waals surface area (Å²) in [5.41, 5.74) is 0. The molecule has 15 heavy (non-hydrogen) atoms. The highest BCUT2D eigenvalue weighted by molar-refractivity contribution is 6.74.